The third-order valence-corrected chi connectivity index (χ3v) is 3.93. The first kappa shape index (κ1) is 12.7. The number of carbonyl (C=O) groups is 2. The van der Waals surface area contributed by atoms with Gasteiger partial charge in [-0.15, -0.1) is 0 Å². The van der Waals surface area contributed by atoms with E-state index in [2.05, 4.69) is 14.1 Å². The topological polar surface area (TPSA) is 92.2 Å². The number of nitrogens with zero attached hydrogens (tertiary/aromatic N) is 2. The van der Waals surface area contributed by atoms with E-state index >= 15 is 0 Å². The summed E-state index contributed by atoms with van der Waals surface area (Å²) in [6.07, 6.45) is 2.73. The Hall–Kier alpha value is -2.28. The maximum Gasteiger partial charge on any atom is 0.314 e. The molecule has 0 saturated heterocycles. The van der Waals surface area contributed by atoms with Gasteiger partial charge in [0.05, 0.1) is 23.3 Å². The van der Waals surface area contributed by atoms with Gasteiger partial charge in [0.15, 0.2) is 5.69 Å². The summed E-state index contributed by atoms with van der Waals surface area (Å²) >= 11 is 0.970. The number of rotatable bonds is 4. The zero-order valence-corrected chi connectivity index (χ0v) is 11.2. The van der Waals surface area contributed by atoms with E-state index in [1.807, 2.05) is 0 Å². The number of hydrogen-bond donors (Lipinski definition) is 2. The molecule has 0 unspecified atom stereocenters. The standard InChI is InChI=1S/C13H11N3O3S/c17-11(10-7-14-20-16-10)15-9-3-1-8(2-4-9)13(5-6-13)12(18)19/h1-4,7H,5-6H2,(H,15,17)(H,18,19). The molecule has 2 N–H and O–H groups in total. The zero-order valence-electron chi connectivity index (χ0n) is 10.4. The van der Waals surface area contributed by atoms with Crippen molar-refractivity contribution in [1.29, 1.82) is 0 Å². The predicted molar refractivity (Wildman–Crippen MR) is 72.9 cm³/mol. The van der Waals surface area contributed by atoms with Gasteiger partial charge >= 0.3 is 5.97 Å². The summed E-state index contributed by atoms with van der Waals surface area (Å²) in [5, 5.41) is 11.9. The van der Waals surface area contributed by atoms with Crippen molar-refractivity contribution in [2.75, 3.05) is 5.32 Å². The Balaban J connectivity index is 1.74. The van der Waals surface area contributed by atoms with Crippen LogP contribution in [-0.2, 0) is 10.2 Å². The summed E-state index contributed by atoms with van der Waals surface area (Å²) in [5.74, 6) is -1.12. The molecule has 1 heterocycles. The summed E-state index contributed by atoms with van der Waals surface area (Å²) in [6.45, 7) is 0. The lowest BCUT2D eigenvalue weighted by molar-refractivity contribution is -0.140. The zero-order chi connectivity index (χ0) is 14.2. The van der Waals surface area contributed by atoms with E-state index < -0.39 is 11.4 Å². The third kappa shape index (κ3) is 2.16. The summed E-state index contributed by atoms with van der Waals surface area (Å²) in [5.41, 5.74) is 0.927. The predicted octanol–water partition coefficient (Wildman–Crippen LogP) is 1.91. The molecule has 0 radical (unpaired) electrons. The van der Waals surface area contributed by atoms with Gasteiger partial charge < -0.3 is 10.4 Å². The Bertz CT molecular complexity index is 648. The molecular formula is C13H11N3O3S. The van der Waals surface area contributed by atoms with Crippen LogP contribution in [0.3, 0.4) is 0 Å². The number of anilines is 1. The Labute approximate surface area is 118 Å². The van der Waals surface area contributed by atoms with E-state index in [-0.39, 0.29) is 11.6 Å². The molecule has 102 valence electrons. The van der Waals surface area contributed by atoms with Crippen LogP contribution in [0.1, 0.15) is 28.9 Å². The maximum atomic E-state index is 11.8. The van der Waals surface area contributed by atoms with Gasteiger partial charge in [-0.25, -0.2) is 0 Å². The smallest absolute Gasteiger partial charge is 0.314 e. The molecule has 1 aliphatic rings. The summed E-state index contributed by atoms with van der Waals surface area (Å²) in [6, 6.07) is 6.90. The average molecular weight is 289 g/mol. The number of hydrogen-bond acceptors (Lipinski definition) is 5. The number of carboxylic acids is 1. The molecule has 3 rings (SSSR count). The van der Waals surface area contributed by atoms with E-state index in [9.17, 15) is 14.7 Å². The van der Waals surface area contributed by atoms with Crippen LogP contribution in [0.15, 0.2) is 30.5 Å². The van der Waals surface area contributed by atoms with Gasteiger partial charge in [-0.2, -0.15) is 8.75 Å². The number of carboxylic acid groups (broad SMARTS) is 1. The second-order valence-corrected chi connectivity index (χ2v) is 5.27. The highest BCUT2D eigenvalue weighted by Gasteiger charge is 2.51. The number of carbonyl (C=O) groups excluding carboxylic acids is 1. The lowest BCUT2D eigenvalue weighted by Crippen LogP contribution is -2.19. The second kappa shape index (κ2) is 4.68. The Morgan fingerprint density at radius 3 is 2.45 bits per heavy atom. The minimum Gasteiger partial charge on any atom is -0.481 e. The van der Waals surface area contributed by atoms with Crippen molar-refractivity contribution in [3.05, 3.63) is 41.7 Å². The Morgan fingerprint density at radius 2 is 1.95 bits per heavy atom. The quantitative estimate of drug-likeness (QED) is 0.897. The van der Waals surface area contributed by atoms with E-state index in [0.29, 0.717) is 18.5 Å². The fourth-order valence-corrected chi connectivity index (χ4v) is 2.50. The van der Waals surface area contributed by atoms with Crippen molar-refractivity contribution in [1.82, 2.24) is 8.75 Å². The molecule has 0 spiro atoms. The van der Waals surface area contributed by atoms with Crippen LogP contribution in [0.4, 0.5) is 5.69 Å². The van der Waals surface area contributed by atoms with Gasteiger partial charge in [0, 0.05) is 5.69 Å². The van der Waals surface area contributed by atoms with Gasteiger partial charge in [-0.05, 0) is 30.5 Å². The first-order chi connectivity index (χ1) is 9.62. The van der Waals surface area contributed by atoms with Crippen LogP contribution >= 0.6 is 11.7 Å². The lowest BCUT2D eigenvalue weighted by atomic mass is 9.96. The highest BCUT2D eigenvalue weighted by atomic mass is 32.1. The number of nitrogens with one attached hydrogen (secondary N) is 1. The molecule has 1 aliphatic carbocycles. The molecule has 1 aromatic carbocycles. The van der Waals surface area contributed by atoms with Gasteiger partial charge in [0.2, 0.25) is 0 Å². The van der Waals surface area contributed by atoms with Crippen molar-refractivity contribution >= 4 is 29.3 Å². The number of benzene rings is 1. The van der Waals surface area contributed by atoms with Crippen LogP contribution in [0.5, 0.6) is 0 Å². The van der Waals surface area contributed by atoms with E-state index in [0.717, 1.165) is 17.3 Å². The van der Waals surface area contributed by atoms with E-state index in [1.54, 1.807) is 24.3 Å². The van der Waals surface area contributed by atoms with Gasteiger partial charge in [0.1, 0.15) is 0 Å². The molecule has 2 aromatic rings. The normalized spacial score (nSPS) is 15.6. The average Bonchev–Trinajstić information content (AvgIpc) is 3.07. The van der Waals surface area contributed by atoms with Gasteiger partial charge in [0.25, 0.3) is 5.91 Å². The molecule has 1 aromatic heterocycles. The molecular weight excluding hydrogens is 278 g/mol. The second-order valence-electron chi connectivity index (χ2n) is 4.71. The largest absolute Gasteiger partial charge is 0.481 e. The highest BCUT2D eigenvalue weighted by Crippen LogP contribution is 2.48. The molecule has 1 saturated carbocycles. The number of aliphatic carboxylic acids is 1. The highest BCUT2D eigenvalue weighted by molar-refractivity contribution is 6.99. The Kier molecular flexibility index (Phi) is 2.98. The van der Waals surface area contributed by atoms with Crippen molar-refractivity contribution < 1.29 is 14.7 Å². The molecule has 1 amide bonds. The lowest BCUT2D eigenvalue weighted by Gasteiger charge is -2.11. The van der Waals surface area contributed by atoms with Gasteiger partial charge in [-0.1, -0.05) is 12.1 Å². The van der Waals surface area contributed by atoms with Crippen molar-refractivity contribution in [2.24, 2.45) is 0 Å². The molecule has 0 aliphatic heterocycles. The van der Waals surface area contributed by atoms with Crippen LogP contribution in [0.25, 0.3) is 0 Å². The van der Waals surface area contributed by atoms with E-state index in [1.165, 1.54) is 6.20 Å². The number of amides is 1. The summed E-state index contributed by atoms with van der Waals surface area (Å²) in [7, 11) is 0. The van der Waals surface area contributed by atoms with Crippen molar-refractivity contribution in [3.63, 3.8) is 0 Å². The molecule has 20 heavy (non-hydrogen) atoms. The summed E-state index contributed by atoms with van der Waals surface area (Å²) in [4.78, 5) is 23.0. The van der Waals surface area contributed by atoms with E-state index in [4.69, 9.17) is 0 Å². The Morgan fingerprint density at radius 1 is 1.25 bits per heavy atom. The van der Waals surface area contributed by atoms with Crippen LogP contribution in [0, 0.1) is 0 Å². The van der Waals surface area contributed by atoms with Crippen molar-refractivity contribution in [3.8, 4) is 0 Å². The SMILES string of the molecule is O=C(Nc1ccc(C2(C(=O)O)CC2)cc1)c1cnsn1. The van der Waals surface area contributed by atoms with Crippen molar-refractivity contribution in [2.45, 2.75) is 18.3 Å². The summed E-state index contributed by atoms with van der Waals surface area (Å²) < 4.78 is 7.61. The van der Waals surface area contributed by atoms with Crippen LogP contribution in [-0.4, -0.2) is 25.7 Å². The fraction of sp³-hybridized carbons (Fsp3) is 0.231. The van der Waals surface area contributed by atoms with Crippen LogP contribution in [0.2, 0.25) is 0 Å². The minimum atomic E-state index is -0.789. The number of aromatic nitrogens is 2. The van der Waals surface area contributed by atoms with Crippen LogP contribution < -0.4 is 5.32 Å². The monoisotopic (exact) mass is 289 g/mol. The van der Waals surface area contributed by atoms with Gasteiger partial charge in [-0.3, -0.25) is 9.59 Å². The molecule has 7 heteroatoms. The minimum absolute atomic E-state index is 0.267. The third-order valence-electron chi connectivity index (χ3n) is 3.45. The first-order valence-electron chi connectivity index (χ1n) is 6.05. The first-order valence-corrected chi connectivity index (χ1v) is 6.78. The maximum absolute atomic E-state index is 11.8. The fourth-order valence-electron chi connectivity index (χ4n) is 2.08. The molecule has 0 bridgehead atoms. The molecule has 0 atom stereocenters. The molecule has 1 fully saturated rings. The molecule has 6 nitrogen and oxygen atoms in total.